The van der Waals surface area contributed by atoms with Gasteiger partial charge in [-0.25, -0.2) is 0 Å². The average Bonchev–Trinajstić information content (AvgIpc) is 2.74. The third kappa shape index (κ3) is 5.44. The van der Waals surface area contributed by atoms with Crippen molar-refractivity contribution in [1.82, 2.24) is 15.1 Å². The highest BCUT2D eigenvalue weighted by atomic mass is 79.9. The summed E-state index contributed by atoms with van der Waals surface area (Å²) in [4.78, 5) is 0. The Morgan fingerprint density at radius 2 is 1.95 bits per heavy atom. The van der Waals surface area contributed by atoms with Gasteiger partial charge in [0.1, 0.15) is 0 Å². The minimum Gasteiger partial charge on any atom is -0.311 e. The van der Waals surface area contributed by atoms with Gasteiger partial charge in [-0.1, -0.05) is 47.3 Å². The molecule has 0 amide bonds. The molecule has 0 spiro atoms. The molecule has 110 valence electrons. The lowest BCUT2D eigenvalue weighted by atomic mass is 10.2. The smallest absolute Gasteiger partial charge is 0.0863 e. The largest absolute Gasteiger partial charge is 0.311 e. The molecule has 1 aromatic heterocycles. The Morgan fingerprint density at radius 3 is 2.58 bits per heavy atom. The van der Waals surface area contributed by atoms with Crippen molar-refractivity contribution in [1.29, 1.82) is 0 Å². The summed E-state index contributed by atoms with van der Waals surface area (Å²) < 4.78 is 2.01. The Kier molecular flexibility index (Phi) is 8.75. The molecule has 0 aromatic carbocycles. The number of unbranched alkanes of at least 4 members (excludes halogenated alkanes) is 3. The van der Waals surface area contributed by atoms with Gasteiger partial charge < -0.3 is 5.32 Å². The standard InChI is InChI=1S/C14H25BrClN3/c1-3-12-14(16)13(19(4-2)18-12)11-17-10-8-6-5-7-9-15/h17H,3-11H2,1-2H3. The van der Waals surface area contributed by atoms with E-state index in [1.807, 2.05) is 4.68 Å². The van der Waals surface area contributed by atoms with Crippen LogP contribution in [0.2, 0.25) is 5.02 Å². The van der Waals surface area contributed by atoms with Crippen LogP contribution in [0, 0.1) is 0 Å². The summed E-state index contributed by atoms with van der Waals surface area (Å²) in [5, 5.41) is 9.96. The first-order chi connectivity index (χ1) is 9.24. The molecular weight excluding hydrogens is 326 g/mol. The Morgan fingerprint density at radius 1 is 1.21 bits per heavy atom. The molecule has 5 heteroatoms. The minimum atomic E-state index is 0.818. The molecule has 0 aliphatic rings. The number of alkyl halides is 1. The van der Waals surface area contributed by atoms with Crippen molar-refractivity contribution in [2.24, 2.45) is 0 Å². The molecule has 19 heavy (non-hydrogen) atoms. The SMILES string of the molecule is CCc1nn(CC)c(CNCCCCCCBr)c1Cl. The number of rotatable bonds is 10. The first-order valence-corrected chi connectivity index (χ1v) is 8.75. The van der Waals surface area contributed by atoms with Crippen LogP contribution in [0.1, 0.15) is 50.9 Å². The fourth-order valence-corrected chi connectivity index (χ4v) is 2.82. The van der Waals surface area contributed by atoms with Gasteiger partial charge in [-0.05, 0) is 32.7 Å². The fourth-order valence-electron chi connectivity index (χ4n) is 2.09. The van der Waals surface area contributed by atoms with Gasteiger partial charge in [0.05, 0.1) is 16.4 Å². The van der Waals surface area contributed by atoms with E-state index in [0.717, 1.165) is 47.8 Å². The molecular formula is C14H25BrClN3. The van der Waals surface area contributed by atoms with Gasteiger partial charge in [0.15, 0.2) is 0 Å². The second kappa shape index (κ2) is 9.78. The zero-order valence-corrected chi connectivity index (χ0v) is 14.4. The lowest BCUT2D eigenvalue weighted by Gasteiger charge is -2.07. The number of aryl methyl sites for hydroxylation is 2. The van der Waals surface area contributed by atoms with E-state index in [1.54, 1.807) is 0 Å². The molecule has 0 bridgehead atoms. The molecule has 1 heterocycles. The van der Waals surface area contributed by atoms with Gasteiger partial charge in [-0.2, -0.15) is 5.10 Å². The average molecular weight is 351 g/mol. The summed E-state index contributed by atoms with van der Waals surface area (Å²) in [6.45, 7) is 6.94. The topological polar surface area (TPSA) is 29.9 Å². The van der Waals surface area contributed by atoms with Gasteiger partial charge in [0, 0.05) is 18.4 Å². The van der Waals surface area contributed by atoms with Crippen LogP contribution in [0.25, 0.3) is 0 Å². The van der Waals surface area contributed by atoms with Crippen LogP contribution in [0.15, 0.2) is 0 Å². The van der Waals surface area contributed by atoms with Crippen LogP contribution in [0.3, 0.4) is 0 Å². The zero-order chi connectivity index (χ0) is 14.1. The molecule has 0 aliphatic carbocycles. The van der Waals surface area contributed by atoms with Gasteiger partial charge in [0.25, 0.3) is 0 Å². The maximum Gasteiger partial charge on any atom is 0.0863 e. The fraction of sp³-hybridized carbons (Fsp3) is 0.786. The Bertz CT molecular complexity index is 366. The second-order valence-corrected chi connectivity index (χ2v) is 5.83. The predicted molar refractivity (Wildman–Crippen MR) is 86.3 cm³/mol. The number of aromatic nitrogens is 2. The lowest BCUT2D eigenvalue weighted by molar-refractivity contribution is 0.556. The number of hydrogen-bond donors (Lipinski definition) is 1. The molecule has 0 fully saturated rings. The Hall–Kier alpha value is -0.0600. The van der Waals surface area contributed by atoms with Crippen LogP contribution in [-0.2, 0) is 19.5 Å². The van der Waals surface area contributed by atoms with Crippen LogP contribution in [-0.4, -0.2) is 21.7 Å². The number of nitrogens with one attached hydrogen (secondary N) is 1. The third-order valence-corrected chi connectivity index (χ3v) is 4.22. The molecule has 0 saturated carbocycles. The summed E-state index contributed by atoms with van der Waals surface area (Å²) in [5.74, 6) is 0. The van der Waals surface area contributed by atoms with Crippen LogP contribution in [0.5, 0.6) is 0 Å². The molecule has 0 unspecified atom stereocenters. The van der Waals surface area contributed by atoms with E-state index < -0.39 is 0 Å². The number of halogens is 2. The van der Waals surface area contributed by atoms with Crippen molar-refractivity contribution < 1.29 is 0 Å². The lowest BCUT2D eigenvalue weighted by Crippen LogP contribution is -2.18. The van der Waals surface area contributed by atoms with Crippen molar-refractivity contribution >= 4 is 27.5 Å². The Balaban J connectivity index is 2.34. The maximum absolute atomic E-state index is 6.36. The van der Waals surface area contributed by atoms with Crippen LogP contribution >= 0.6 is 27.5 Å². The van der Waals surface area contributed by atoms with E-state index in [-0.39, 0.29) is 0 Å². The maximum atomic E-state index is 6.36. The predicted octanol–water partition coefficient (Wildman–Crippen LogP) is 4.16. The van der Waals surface area contributed by atoms with Crippen molar-refractivity contribution in [2.75, 3.05) is 11.9 Å². The van der Waals surface area contributed by atoms with E-state index in [0.29, 0.717) is 0 Å². The summed E-state index contributed by atoms with van der Waals surface area (Å²) in [7, 11) is 0. The highest BCUT2D eigenvalue weighted by Crippen LogP contribution is 2.21. The van der Waals surface area contributed by atoms with E-state index in [2.05, 4.69) is 40.2 Å². The van der Waals surface area contributed by atoms with Crippen LogP contribution < -0.4 is 5.32 Å². The first-order valence-electron chi connectivity index (χ1n) is 7.25. The highest BCUT2D eigenvalue weighted by Gasteiger charge is 2.13. The van der Waals surface area contributed by atoms with Crippen LogP contribution in [0.4, 0.5) is 0 Å². The summed E-state index contributed by atoms with van der Waals surface area (Å²) in [6, 6.07) is 0. The third-order valence-electron chi connectivity index (χ3n) is 3.22. The van der Waals surface area contributed by atoms with Gasteiger partial charge in [0.2, 0.25) is 0 Å². The minimum absolute atomic E-state index is 0.818. The van der Waals surface area contributed by atoms with Gasteiger partial charge >= 0.3 is 0 Å². The normalized spacial score (nSPS) is 11.2. The highest BCUT2D eigenvalue weighted by molar-refractivity contribution is 9.09. The van der Waals surface area contributed by atoms with Crippen molar-refractivity contribution in [3.63, 3.8) is 0 Å². The zero-order valence-electron chi connectivity index (χ0n) is 12.0. The molecule has 1 rings (SSSR count). The quantitative estimate of drug-likeness (QED) is 0.507. The first kappa shape index (κ1) is 17.0. The van der Waals surface area contributed by atoms with Crippen molar-refractivity contribution in [2.45, 2.75) is 59.0 Å². The number of nitrogens with zero attached hydrogens (tertiary/aromatic N) is 2. The van der Waals surface area contributed by atoms with Crippen molar-refractivity contribution in [3.8, 4) is 0 Å². The van der Waals surface area contributed by atoms with Gasteiger partial charge in [-0.15, -0.1) is 0 Å². The Labute approximate surface area is 130 Å². The van der Waals surface area contributed by atoms with E-state index >= 15 is 0 Å². The van der Waals surface area contributed by atoms with Gasteiger partial charge in [-0.3, -0.25) is 4.68 Å². The molecule has 1 N–H and O–H groups in total. The molecule has 0 radical (unpaired) electrons. The van der Waals surface area contributed by atoms with E-state index in [9.17, 15) is 0 Å². The number of hydrogen-bond acceptors (Lipinski definition) is 2. The molecule has 0 atom stereocenters. The second-order valence-electron chi connectivity index (χ2n) is 4.66. The molecule has 0 aliphatic heterocycles. The summed E-state index contributed by atoms with van der Waals surface area (Å²) in [5.41, 5.74) is 2.14. The summed E-state index contributed by atoms with van der Waals surface area (Å²) >= 11 is 9.82. The van der Waals surface area contributed by atoms with E-state index in [1.165, 1.54) is 25.7 Å². The van der Waals surface area contributed by atoms with Crippen molar-refractivity contribution in [3.05, 3.63) is 16.4 Å². The summed E-state index contributed by atoms with van der Waals surface area (Å²) in [6.07, 6.45) is 5.99. The molecule has 1 aromatic rings. The molecule has 0 saturated heterocycles. The van der Waals surface area contributed by atoms with E-state index in [4.69, 9.17) is 11.6 Å². The monoisotopic (exact) mass is 349 g/mol. The molecule has 3 nitrogen and oxygen atoms in total.